The summed E-state index contributed by atoms with van der Waals surface area (Å²) in [5.74, 6) is -0.284. The largest absolute Gasteiger partial charge is 0.453 e. The summed E-state index contributed by atoms with van der Waals surface area (Å²) in [6.07, 6.45) is 0.642. The molecular formula is C11H12N2O3. The molecule has 0 atom stereocenters. The first kappa shape index (κ1) is 11.8. The van der Waals surface area contributed by atoms with Gasteiger partial charge in [0.15, 0.2) is 0 Å². The molecule has 5 heteroatoms. The zero-order valence-corrected chi connectivity index (χ0v) is 8.82. The highest BCUT2D eigenvalue weighted by molar-refractivity contribution is 5.99. The van der Waals surface area contributed by atoms with E-state index >= 15 is 0 Å². The van der Waals surface area contributed by atoms with Gasteiger partial charge in [0, 0.05) is 11.4 Å². The van der Waals surface area contributed by atoms with Crippen LogP contribution in [0.4, 0.5) is 16.2 Å². The van der Waals surface area contributed by atoms with Crippen LogP contribution in [0.15, 0.2) is 36.9 Å². The van der Waals surface area contributed by atoms with E-state index in [1.807, 2.05) is 0 Å². The van der Waals surface area contributed by atoms with Crippen LogP contribution >= 0.6 is 0 Å². The minimum Gasteiger partial charge on any atom is -0.453 e. The molecule has 2 N–H and O–H groups in total. The topological polar surface area (TPSA) is 67.4 Å². The van der Waals surface area contributed by atoms with Gasteiger partial charge >= 0.3 is 6.09 Å². The Bertz CT molecular complexity index is 398. The van der Waals surface area contributed by atoms with Gasteiger partial charge in [-0.2, -0.15) is 0 Å². The highest BCUT2D eigenvalue weighted by Gasteiger charge is 2.01. The number of carbonyl (C=O) groups excluding carboxylic acids is 2. The molecule has 0 aromatic heterocycles. The first-order valence-electron chi connectivity index (χ1n) is 4.54. The lowest BCUT2D eigenvalue weighted by Crippen LogP contribution is -2.11. The number of anilines is 2. The lowest BCUT2D eigenvalue weighted by Gasteiger charge is -2.05. The Morgan fingerprint density at radius 1 is 1.19 bits per heavy atom. The van der Waals surface area contributed by atoms with Gasteiger partial charge in [-0.25, -0.2) is 4.79 Å². The van der Waals surface area contributed by atoms with Gasteiger partial charge in [0.2, 0.25) is 5.91 Å². The van der Waals surface area contributed by atoms with Crippen molar-refractivity contribution in [2.24, 2.45) is 0 Å². The number of rotatable bonds is 3. The van der Waals surface area contributed by atoms with Crippen molar-refractivity contribution in [1.29, 1.82) is 0 Å². The highest BCUT2D eigenvalue weighted by atomic mass is 16.5. The second kappa shape index (κ2) is 5.55. The molecular weight excluding hydrogens is 208 g/mol. The number of nitrogens with one attached hydrogen (secondary N) is 2. The first-order valence-corrected chi connectivity index (χ1v) is 4.54. The molecule has 5 nitrogen and oxygen atoms in total. The summed E-state index contributed by atoms with van der Waals surface area (Å²) in [6.45, 7) is 3.34. The zero-order valence-electron chi connectivity index (χ0n) is 8.82. The van der Waals surface area contributed by atoms with Gasteiger partial charge in [0.1, 0.15) is 0 Å². The predicted molar refractivity (Wildman–Crippen MR) is 61.3 cm³/mol. The van der Waals surface area contributed by atoms with Gasteiger partial charge in [-0.15, -0.1) is 0 Å². The van der Waals surface area contributed by atoms with Crippen molar-refractivity contribution in [2.45, 2.75) is 0 Å². The Labute approximate surface area is 93.1 Å². The number of amides is 2. The van der Waals surface area contributed by atoms with E-state index in [1.165, 1.54) is 13.2 Å². The molecule has 0 radical (unpaired) electrons. The predicted octanol–water partition coefficient (Wildman–Crippen LogP) is 1.99. The van der Waals surface area contributed by atoms with E-state index < -0.39 is 6.09 Å². The lowest BCUT2D eigenvalue weighted by molar-refractivity contribution is -0.111. The fourth-order valence-electron chi connectivity index (χ4n) is 0.999. The van der Waals surface area contributed by atoms with E-state index in [-0.39, 0.29) is 5.91 Å². The molecule has 1 aromatic rings. The summed E-state index contributed by atoms with van der Waals surface area (Å²) in [7, 11) is 1.29. The summed E-state index contributed by atoms with van der Waals surface area (Å²) in [4.78, 5) is 21.8. The van der Waals surface area contributed by atoms with Crippen molar-refractivity contribution in [3.8, 4) is 0 Å². The average Bonchev–Trinajstić information content (AvgIpc) is 2.31. The molecule has 0 aliphatic rings. The van der Waals surface area contributed by atoms with Gasteiger partial charge < -0.3 is 10.1 Å². The van der Waals surface area contributed by atoms with Gasteiger partial charge in [-0.1, -0.05) is 6.58 Å². The van der Waals surface area contributed by atoms with Crippen LogP contribution in [0.1, 0.15) is 0 Å². The van der Waals surface area contributed by atoms with Crippen LogP contribution in [-0.2, 0) is 9.53 Å². The maximum Gasteiger partial charge on any atom is 0.411 e. The fraction of sp³-hybridized carbons (Fsp3) is 0.0909. The highest BCUT2D eigenvalue weighted by Crippen LogP contribution is 2.13. The number of hydrogen-bond donors (Lipinski definition) is 2. The molecule has 0 aliphatic carbocycles. The van der Waals surface area contributed by atoms with Crippen molar-refractivity contribution < 1.29 is 14.3 Å². The van der Waals surface area contributed by atoms with E-state index in [4.69, 9.17) is 0 Å². The Balaban J connectivity index is 2.64. The van der Waals surface area contributed by atoms with Crippen molar-refractivity contribution in [3.05, 3.63) is 36.9 Å². The molecule has 1 rings (SSSR count). The van der Waals surface area contributed by atoms with Gasteiger partial charge in [0.05, 0.1) is 7.11 Å². The maximum absolute atomic E-state index is 11.0. The monoisotopic (exact) mass is 220 g/mol. The maximum atomic E-state index is 11.0. The molecule has 16 heavy (non-hydrogen) atoms. The molecule has 0 heterocycles. The Kier molecular flexibility index (Phi) is 4.08. The summed E-state index contributed by atoms with van der Waals surface area (Å²) >= 11 is 0. The molecule has 84 valence electrons. The Morgan fingerprint density at radius 2 is 1.69 bits per heavy atom. The van der Waals surface area contributed by atoms with Crippen LogP contribution in [0.2, 0.25) is 0 Å². The molecule has 0 unspecified atom stereocenters. The van der Waals surface area contributed by atoms with Crippen LogP contribution in [0, 0.1) is 0 Å². The summed E-state index contributed by atoms with van der Waals surface area (Å²) in [6, 6.07) is 6.62. The summed E-state index contributed by atoms with van der Waals surface area (Å²) in [5.41, 5.74) is 1.21. The fourth-order valence-corrected chi connectivity index (χ4v) is 0.999. The SMILES string of the molecule is C=CC(=O)Nc1ccc(NC(=O)OC)cc1. The molecule has 1 aromatic carbocycles. The van der Waals surface area contributed by atoms with E-state index in [0.29, 0.717) is 11.4 Å². The van der Waals surface area contributed by atoms with E-state index in [1.54, 1.807) is 24.3 Å². The average molecular weight is 220 g/mol. The lowest BCUT2D eigenvalue weighted by atomic mass is 10.3. The molecule has 2 amide bonds. The van der Waals surface area contributed by atoms with E-state index in [2.05, 4.69) is 21.9 Å². The number of benzene rings is 1. The summed E-state index contributed by atoms with van der Waals surface area (Å²) in [5, 5.41) is 5.08. The second-order valence-corrected chi connectivity index (χ2v) is 2.89. The van der Waals surface area contributed by atoms with Crippen molar-refractivity contribution in [2.75, 3.05) is 17.7 Å². The van der Waals surface area contributed by atoms with Crippen LogP contribution < -0.4 is 10.6 Å². The molecule has 0 bridgehead atoms. The number of ether oxygens (including phenoxy) is 1. The standard InChI is InChI=1S/C11H12N2O3/c1-3-10(14)12-8-4-6-9(7-5-8)13-11(15)16-2/h3-7H,1H2,2H3,(H,12,14)(H,13,15). The van der Waals surface area contributed by atoms with E-state index in [0.717, 1.165) is 0 Å². The molecule has 0 aliphatic heterocycles. The van der Waals surface area contributed by atoms with Crippen LogP contribution in [0.5, 0.6) is 0 Å². The molecule has 0 fully saturated rings. The van der Waals surface area contributed by atoms with Crippen molar-refractivity contribution in [1.82, 2.24) is 0 Å². The number of hydrogen-bond acceptors (Lipinski definition) is 3. The minimum absolute atomic E-state index is 0.284. The number of carbonyl (C=O) groups is 2. The van der Waals surface area contributed by atoms with E-state index in [9.17, 15) is 9.59 Å². The van der Waals surface area contributed by atoms with Crippen molar-refractivity contribution >= 4 is 23.4 Å². The zero-order chi connectivity index (χ0) is 12.0. The smallest absolute Gasteiger partial charge is 0.411 e. The van der Waals surface area contributed by atoms with Crippen molar-refractivity contribution in [3.63, 3.8) is 0 Å². The third-order valence-corrected chi connectivity index (χ3v) is 1.77. The molecule has 0 spiro atoms. The van der Waals surface area contributed by atoms with Gasteiger partial charge in [0.25, 0.3) is 0 Å². The number of methoxy groups -OCH3 is 1. The van der Waals surface area contributed by atoms with Gasteiger partial charge in [-0.05, 0) is 30.3 Å². The van der Waals surface area contributed by atoms with Gasteiger partial charge in [-0.3, -0.25) is 10.1 Å². The van der Waals surface area contributed by atoms with Crippen LogP contribution in [0.25, 0.3) is 0 Å². The minimum atomic E-state index is -0.539. The molecule has 0 saturated heterocycles. The Hall–Kier alpha value is -2.30. The second-order valence-electron chi connectivity index (χ2n) is 2.89. The third-order valence-electron chi connectivity index (χ3n) is 1.77. The first-order chi connectivity index (χ1) is 7.65. The Morgan fingerprint density at radius 3 is 2.12 bits per heavy atom. The molecule has 0 saturated carbocycles. The quantitative estimate of drug-likeness (QED) is 0.765. The van der Waals surface area contributed by atoms with Crippen LogP contribution in [0.3, 0.4) is 0 Å². The summed E-state index contributed by atoms with van der Waals surface area (Å²) < 4.78 is 4.43. The van der Waals surface area contributed by atoms with Crippen LogP contribution in [-0.4, -0.2) is 19.1 Å². The normalized spacial score (nSPS) is 9.06. The third kappa shape index (κ3) is 3.45.